The van der Waals surface area contributed by atoms with Crippen molar-refractivity contribution in [1.82, 2.24) is 5.32 Å². The minimum absolute atomic E-state index is 0.601. The van der Waals surface area contributed by atoms with Crippen molar-refractivity contribution in [2.45, 2.75) is 51.6 Å². The Morgan fingerprint density at radius 3 is 2.85 bits per heavy atom. The molecule has 0 aromatic heterocycles. The topological polar surface area (TPSA) is 12.0 Å². The number of hydrogen-bond acceptors (Lipinski definition) is 1. The molecule has 74 valence electrons. The molecule has 1 nitrogen and oxygen atoms in total. The lowest BCUT2D eigenvalue weighted by atomic mass is 9.95. The second-order valence-corrected chi connectivity index (χ2v) is 4.17. The predicted molar refractivity (Wildman–Crippen MR) is 58.8 cm³/mol. The number of nitrogens with one attached hydrogen (secondary N) is 1. The molecule has 1 heterocycles. The average molecular weight is 179 g/mol. The van der Waals surface area contributed by atoms with E-state index in [-0.39, 0.29) is 0 Å². The zero-order chi connectivity index (χ0) is 9.68. The van der Waals surface area contributed by atoms with Gasteiger partial charge in [-0.25, -0.2) is 0 Å². The highest BCUT2D eigenvalue weighted by molar-refractivity contribution is 5.03. The van der Waals surface area contributed by atoms with Gasteiger partial charge in [-0.05, 0) is 33.1 Å². The van der Waals surface area contributed by atoms with Gasteiger partial charge in [0, 0.05) is 12.1 Å². The largest absolute Gasteiger partial charge is 0.307 e. The fraction of sp³-hybridized carbons (Fsp3) is 0.667. The van der Waals surface area contributed by atoms with Crippen molar-refractivity contribution in [2.24, 2.45) is 0 Å². The van der Waals surface area contributed by atoms with Crippen LogP contribution in [0, 0.1) is 0 Å². The van der Waals surface area contributed by atoms with Crippen LogP contribution in [0.25, 0.3) is 0 Å². The summed E-state index contributed by atoms with van der Waals surface area (Å²) in [6.07, 6.45) is 9.41. The normalized spacial score (nSPS) is 28.2. The van der Waals surface area contributed by atoms with Crippen LogP contribution in [0.2, 0.25) is 0 Å². The molecule has 0 spiro atoms. The van der Waals surface area contributed by atoms with Gasteiger partial charge in [0.05, 0.1) is 0 Å². The van der Waals surface area contributed by atoms with Crippen LogP contribution in [0.15, 0.2) is 24.3 Å². The van der Waals surface area contributed by atoms with Crippen molar-refractivity contribution in [1.29, 1.82) is 0 Å². The molecule has 0 bridgehead atoms. The molecule has 0 aromatic carbocycles. The summed E-state index contributed by atoms with van der Waals surface area (Å²) in [6, 6.07) is 1.26. The maximum Gasteiger partial charge on any atom is 0.0255 e. The first-order valence-electron chi connectivity index (χ1n) is 5.24. The van der Waals surface area contributed by atoms with Gasteiger partial charge >= 0.3 is 0 Å². The third-order valence-corrected chi connectivity index (χ3v) is 2.50. The summed E-state index contributed by atoms with van der Waals surface area (Å²) >= 11 is 0. The van der Waals surface area contributed by atoms with Crippen LogP contribution in [0.5, 0.6) is 0 Å². The van der Waals surface area contributed by atoms with Gasteiger partial charge in [0.1, 0.15) is 0 Å². The maximum atomic E-state index is 3.79. The minimum atomic E-state index is 0.601. The molecular weight excluding hydrogens is 158 g/mol. The number of hydrogen-bond donors (Lipinski definition) is 1. The van der Waals surface area contributed by atoms with Gasteiger partial charge in [-0.3, -0.25) is 0 Å². The molecular formula is C12H21N. The molecule has 1 N–H and O–H groups in total. The van der Waals surface area contributed by atoms with E-state index < -0.39 is 0 Å². The smallest absolute Gasteiger partial charge is 0.0255 e. The monoisotopic (exact) mass is 179 g/mol. The highest BCUT2D eigenvalue weighted by Crippen LogP contribution is 2.16. The Labute approximate surface area is 81.9 Å². The first-order chi connectivity index (χ1) is 6.22. The molecule has 0 saturated carbocycles. The Morgan fingerprint density at radius 1 is 1.46 bits per heavy atom. The van der Waals surface area contributed by atoms with Crippen LogP contribution in [-0.2, 0) is 0 Å². The Bertz CT molecular complexity index is 189. The molecule has 1 fully saturated rings. The lowest BCUT2D eigenvalue weighted by Gasteiger charge is -2.29. The molecule has 1 aliphatic heterocycles. The number of rotatable bonds is 3. The van der Waals surface area contributed by atoms with Gasteiger partial charge in [0.15, 0.2) is 0 Å². The molecule has 1 aliphatic rings. The summed E-state index contributed by atoms with van der Waals surface area (Å²) in [4.78, 5) is 0. The highest BCUT2D eigenvalue weighted by atomic mass is 15.0. The summed E-state index contributed by atoms with van der Waals surface area (Å²) in [5.74, 6) is 0. The molecule has 2 unspecified atom stereocenters. The first-order valence-corrected chi connectivity index (χ1v) is 5.24. The van der Waals surface area contributed by atoms with Crippen LogP contribution in [0.3, 0.4) is 0 Å². The lowest BCUT2D eigenvalue weighted by molar-refractivity contribution is 0.356. The molecule has 0 aliphatic carbocycles. The Balaban J connectivity index is 2.41. The highest BCUT2D eigenvalue weighted by Gasteiger charge is 2.17. The molecule has 0 amide bonds. The molecule has 1 saturated heterocycles. The lowest BCUT2D eigenvalue weighted by Crippen LogP contribution is -2.40. The van der Waals surface area contributed by atoms with Gasteiger partial charge in [-0.2, -0.15) is 0 Å². The van der Waals surface area contributed by atoms with Gasteiger partial charge in [-0.1, -0.05) is 24.1 Å². The summed E-state index contributed by atoms with van der Waals surface area (Å²) in [5.41, 5.74) is 1.41. The minimum Gasteiger partial charge on any atom is -0.307 e. The fourth-order valence-corrected chi connectivity index (χ4v) is 1.97. The first kappa shape index (κ1) is 10.5. The Hall–Kier alpha value is -0.560. The van der Waals surface area contributed by atoms with E-state index in [1.54, 1.807) is 0 Å². The molecule has 0 aromatic rings. The SMILES string of the molecule is C=CCC1CCCC(C=C(C)C)N1. The van der Waals surface area contributed by atoms with Gasteiger partial charge < -0.3 is 5.32 Å². The third kappa shape index (κ3) is 3.77. The summed E-state index contributed by atoms with van der Waals surface area (Å²) in [6.45, 7) is 8.12. The summed E-state index contributed by atoms with van der Waals surface area (Å²) in [7, 11) is 0. The van der Waals surface area contributed by atoms with Gasteiger partial charge in [0.25, 0.3) is 0 Å². The molecule has 1 rings (SSSR count). The van der Waals surface area contributed by atoms with Crippen molar-refractivity contribution in [3.05, 3.63) is 24.3 Å². The van der Waals surface area contributed by atoms with Crippen LogP contribution in [0.1, 0.15) is 39.5 Å². The van der Waals surface area contributed by atoms with Crippen molar-refractivity contribution in [2.75, 3.05) is 0 Å². The molecule has 13 heavy (non-hydrogen) atoms. The average Bonchev–Trinajstić information content (AvgIpc) is 2.04. The van der Waals surface area contributed by atoms with Crippen LogP contribution in [0.4, 0.5) is 0 Å². The third-order valence-electron chi connectivity index (χ3n) is 2.50. The van der Waals surface area contributed by atoms with E-state index in [1.807, 2.05) is 6.08 Å². The van der Waals surface area contributed by atoms with Gasteiger partial charge in [0.2, 0.25) is 0 Å². The Morgan fingerprint density at radius 2 is 2.23 bits per heavy atom. The quantitative estimate of drug-likeness (QED) is 0.657. The van der Waals surface area contributed by atoms with E-state index in [9.17, 15) is 0 Å². The van der Waals surface area contributed by atoms with Crippen molar-refractivity contribution >= 4 is 0 Å². The summed E-state index contributed by atoms with van der Waals surface area (Å²) in [5, 5.41) is 3.64. The van der Waals surface area contributed by atoms with Crippen molar-refractivity contribution in [3.8, 4) is 0 Å². The van der Waals surface area contributed by atoms with E-state index in [0.717, 1.165) is 6.42 Å². The fourth-order valence-electron chi connectivity index (χ4n) is 1.97. The zero-order valence-corrected chi connectivity index (χ0v) is 8.84. The van der Waals surface area contributed by atoms with Crippen LogP contribution in [-0.4, -0.2) is 12.1 Å². The van der Waals surface area contributed by atoms with Crippen LogP contribution < -0.4 is 5.32 Å². The zero-order valence-electron chi connectivity index (χ0n) is 8.84. The molecule has 1 heteroatoms. The van der Waals surface area contributed by atoms with E-state index in [4.69, 9.17) is 0 Å². The Kier molecular flexibility index (Phi) is 4.23. The van der Waals surface area contributed by atoms with Crippen molar-refractivity contribution in [3.63, 3.8) is 0 Å². The molecule has 0 radical (unpaired) electrons. The second kappa shape index (κ2) is 5.23. The van der Waals surface area contributed by atoms with E-state index in [1.165, 1.54) is 24.8 Å². The number of piperidine rings is 1. The van der Waals surface area contributed by atoms with E-state index in [0.29, 0.717) is 12.1 Å². The number of allylic oxidation sites excluding steroid dienone is 1. The van der Waals surface area contributed by atoms with Crippen molar-refractivity contribution < 1.29 is 0 Å². The van der Waals surface area contributed by atoms with Gasteiger partial charge in [-0.15, -0.1) is 6.58 Å². The van der Waals surface area contributed by atoms with E-state index >= 15 is 0 Å². The second-order valence-electron chi connectivity index (χ2n) is 4.17. The molecule has 2 atom stereocenters. The standard InChI is InChI=1S/C12H21N/c1-4-6-11-7-5-8-12(13-11)9-10(2)3/h4,9,11-13H,1,5-8H2,2-3H3. The van der Waals surface area contributed by atoms with Crippen LogP contribution >= 0.6 is 0 Å². The summed E-state index contributed by atoms with van der Waals surface area (Å²) < 4.78 is 0. The maximum absolute atomic E-state index is 3.79. The predicted octanol–water partition coefficient (Wildman–Crippen LogP) is 3.04. The van der Waals surface area contributed by atoms with E-state index in [2.05, 4.69) is 31.8 Å².